The third-order valence-corrected chi connectivity index (χ3v) is 3.89. The molecule has 0 saturated heterocycles. The predicted molar refractivity (Wildman–Crippen MR) is 102 cm³/mol. The van der Waals surface area contributed by atoms with Gasteiger partial charge in [0, 0.05) is 12.7 Å². The topological polar surface area (TPSA) is 70.7 Å². The minimum absolute atomic E-state index is 0. The van der Waals surface area contributed by atoms with Gasteiger partial charge in [-0.3, -0.25) is 4.79 Å². The van der Waals surface area contributed by atoms with E-state index in [9.17, 15) is 18.0 Å². The zero-order valence-electron chi connectivity index (χ0n) is 13.9. The number of guanidine groups is 1. The molecule has 0 aromatic heterocycles. The van der Waals surface area contributed by atoms with Crippen molar-refractivity contribution in [2.24, 2.45) is 10.7 Å². The lowest BCUT2D eigenvalue weighted by Gasteiger charge is -2.20. The Morgan fingerprint density at radius 3 is 2.68 bits per heavy atom. The summed E-state index contributed by atoms with van der Waals surface area (Å²) in [4.78, 5) is 16.1. The molecule has 5 nitrogen and oxygen atoms in total. The van der Waals surface area contributed by atoms with Gasteiger partial charge >= 0.3 is 6.18 Å². The van der Waals surface area contributed by atoms with Gasteiger partial charge in [0.2, 0.25) is 5.91 Å². The number of anilines is 1. The summed E-state index contributed by atoms with van der Waals surface area (Å²) in [6, 6.07) is 5.87. The number of amides is 1. The average Bonchev–Trinajstić information content (AvgIpc) is 2.51. The lowest BCUT2D eigenvalue weighted by Crippen LogP contribution is -2.37. The Balaban J connectivity index is 0.00000312. The quantitative estimate of drug-likeness (QED) is 0.404. The number of fused-ring (bicyclic) bond motifs is 1. The number of carbonyl (C=O) groups is 1. The largest absolute Gasteiger partial charge is 0.406 e. The number of rotatable bonds is 4. The second-order valence-electron chi connectivity index (χ2n) is 5.84. The third kappa shape index (κ3) is 6.71. The van der Waals surface area contributed by atoms with Gasteiger partial charge in [-0.05, 0) is 42.9 Å². The van der Waals surface area contributed by atoms with Crippen molar-refractivity contribution < 1.29 is 18.0 Å². The number of aryl methyl sites for hydroxylation is 1. The molecule has 9 heteroatoms. The van der Waals surface area contributed by atoms with E-state index >= 15 is 0 Å². The van der Waals surface area contributed by atoms with Crippen molar-refractivity contribution in [3.8, 4) is 0 Å². The van der Waals surface area contributed by atoms with Crippen molar-refractivity contribution in [1.82, 2.24) is 4.90 Å². The molecule has 0 unspecified atom stereocenters. The number of hydrogen-bond donors (Lipinski definition) is 2. The van der Waals surface area contributed by atoms with Gasteiger partial charge in [-0.2, -0.15) is 13.2 Å². The van der Waals surface area contributed by atoms with E-state index in [2.05, 4.69) is 16.4 Å². The fourth-order valence-electron chi connectivity index (χ4n) is 2.71. The van der Waals surface area contributed by atoms with Crippen LogP contribution < -0.4 is 11.1 Å². The van der Waals surface area contributed by atoms with Crippen LogP contribution in [0.4, 0.5) is 18.9 Å². The highest BCUT2D eigenvalue weighted by Crippen LogP contribution is 2.27. The Bertz CT molecular complexity index is 634. The Hall–Kier alpha value is -1.52. The van der Waals surface area contributed by atoms with Crippen LogP contribution in [0, 0.1) is 0 Å². The zero-order chi connectivity index (χ0) is 17.7. The molecular formula is C16H22F3IN4O. The fraction of sp³-hybridized carbons (Fsp3) is 0.500. The van der Waals surface area contributed by atoms with Gasteiger partial charge in [0.1, 0.15) is 13.1 Å². The van der Waals surface area contributed by atoms with Gasteiger partial charge in [0.15, 0.2) is 5.96 Å². The minimum atomic E-state index is -4.43. The molecule has 0 spiro atoms. The van der Waals surface area contributed by atoms with Gasteiger partial charge in [-0.1, -0.05) is 12.1 Å². The van der Waals surface area contributed by atoms with E-state index in [0.29, 0.717) is 4.90 Å². The maximum absolute atomic E-state index is 12.2. The second-order valence-corrected chi connectivity index (χ2v) is 5.84. The highest BCUT2D eigenvalue weighted by molar-refractivity contribution is 14.0. The number of aliphatic imine (C=N–C) groups is 1. The molecule has 0 aliphatic heterocycles. The van der Waals surface area contributed by atoms with Crippen molar-refractivity contribution >= 4 is 41.5 Å². The van der Waals surface area contributed by atoms with Crippen LogP contribution in [0.15, 0.2) is 23.2 Å². The number of alkyl halides is 3. The third-order valence-electron chi connectivity index (χ3n) is 3.89. The molecule has 140 valence electrons. The van der Waals surface area contributed by atoms with E-state index in [1.54, 1.807) is 0 Å². The molecule has 0 saturated carbocycles. The van der Waals surface area contributed by atoms with Gasteiger partial charge in [-0.15, -0.1) is 24.0 Å². The van der Waals surface area contributed by atoms with E-state index in [-0.39, 0.29) is 29.9 Å². The number of benzene rings is 1. The summed E-state index contributed by atoms with van der Waals surface area (Å²) in [6.45, 7) is -1.73. The molecule has 0 fully saturated rings. The molecule has 0 bridgehead atoms. The summed E-state index contributed by atoms with van der Waals surface area (Å²) < 4.78 is 36.7. The molecule has 2 rings (SSSR count). The maximum Gasteiger partial charge on any atom is 0.406 e. The summed E-state index contributed by atoms with van der Waals surface area (Å²) in [5.41, 5.74) is 9.04. The molecule has 1 aromatic carbocycles. The summed E-state index contributed by atoms with van der Waals surface area (Å²) in [5.74, 6) is -0.727. The van der Waals surface area contributed by atoms with Gasteiger partial charge in [-0.25, -0.2) is 4.99 Å². The molecule has 1 aromatic rings. The Labute approximate surface area is 161 Å². The van der Waals surface area contributed by atoms with Crippen LogP contribution >= 0.6 is 24.0 Å². The fourth-order valence-corrected chi connectivity index (χ4v) is 2.71. The SMILES string of the molecule is CN(CC(F)(F)F)C(=O)CN=C(N)Nc1cccc2c1CCCC2.I. The first kappa shape index (κ1) is 21.5. The standard InChI is InChI=1S/C16H21F3N4O.HI/c1-23(10-16(17,18)19)14(24)9-21-15(20)22-13-8-4-6-11-5-2-3-7-12(11)13;/h4,6,8H,2-3,5,7,9-10H2,1H3,(H3,20,21,22);1H. The number of likely N-dealkylation sites (N-methyl/N-ethyl adjacent to an activating group) is 1. The lowest BCUT2D eigenvalue weighted by atomic mass is 9.90. The van der Waals surface area contributed by atoms with E-state index < -0.39 is 25.2 Å². The smallest absolute Gasteiger partial charge is 0.370 e. The number of carbonyl (C=O) groups excluding carboxylic acids is 1. The first-order chi connectivity index (χ1) is 11.3. The molecule has 0 radical (unpaired) electrons. The molecule has 25 heavy (non-hydrogen) atoms. The average molecular weight is 470 g/mol. The van der Waals surface area contributed by atoms with Gasteiger partial charge in [0.05, 0.1) is 0 Å². The monoisotopic (exact) mass is 470 g/mol. The minimum Gasteiger partial charge on any atom is -0.370 e. The van der Waals surface area contributed by atoms with E-state index in [4.69, 9.17) is 5.73 Å². The van der Waals surface area contributed by atoms with Crippen molar-refractivity contribution in [3.05, 3.63) is 29.3 Å². The van der Waals surface area contributed by atoms with Crippen LogP contribution in [0.2, 0.25) is 0 Å². The Morgan fingerprint density at radius 2 is 2.00 bits per heavy atom. The van der Waals surface area contributed by atoms with Crippen LogP contribution in [0.3, 0.4) is 0 Å². The normalized spacial score (nSPS) is 14.3. The zero-order valence-corrected chi connectivity index (χ0v) is 16.2. The van der Waals surface area contributed by atoms with Gasteiger partial charge < -0.3 is 16.0 Å². The summed E-state index contributed by atoms with van der Waals surface area (Å²) >= 11 is 0. The lowest BCUT2D eigenvalue weighted by molar-refractivity contribution is -0.157. The van der Waals surface area contributed by atoms with Crippen molar-refractivity contribution in [2.45, 2.75) is 31.9 Å². The molecule has 1 amide bonds. The predicted octanol–water partition coefficient (Wildman–Crippen LogP) is 2.93. The van der Waals surface area contributed by atoms with Crippen LogP contribution in [0.25, 0.3) is 0 Å². The Kier molecular flexibility index (Phi) is 7.97. The van der Waals surface area contributed by atoms with Crippen molar-refractivity contribution in [1.29, 1.82) is 0 Å². The van der Waals surface area contributed by atoms with Crippen molar-refractivity contribution in [2.75, 3.05) is 25.5 Å². The first-order valence-corrected chi connectivity index (χ1v) is 7.74. The molecule has 0 heterocycles. The Morgan fingerprint density at radius 1 is 1.32 bits per heavy atom. The highest BCUT2D eigenvalue weighted by atomic mass is 127. The first-order valence-electron chi connectivity index (χ1n) is 7.74. The number of nitrogens with one attached hydrogen (secondary N) is 1. The van der Waals surface area contributed by atoms with Crippen molar-refractivity contribution in [3.63, 3.8) is 0 Å². The number of nitrogens with zero attached hydrogens (tertiary/aromatic N) is 2. The molecule has 3 N–H and O–H groups in total. The number of halogens is 4. The summed E-state index contributed by atoms with van der Waals surface area (Å²) in [5, 5.41) is 2.95. The molecule has 1 aliphatic carbocycles. The van der Waals surface area contributed by atoms with Crippen LogP contribution in [0.1, 0.15) is 24.0 Å². The number of hydrogen-bond acceptors (Lipinski definition) is 2. The van der Waals surface area contributed by atoms with Gasteiger partial charge in [0.25, 0.3) is 0 Å². The highest BCUT2D eigenvalue weighted by Gasteiger charge is 2.31. The molecular weight excluding hydrogens is 448 g/mol. The van der Waals surface area contributed by atoms with E-state index in [0.717, 1.165) is 38.4 Å². The number of nitrogens with two attached hydrogens (primary N) is 1. The molecule has 0 atom stereocenters. The van der Waals surface area contributed by atoms with Crippen LogP contribution in [-0.2, 0) is 17.6 Å². The maximum atomic E-state index is 12.2. The van der Waals surface area contributed by atoms with E-state index in [1.807, 2.05) is 12.1 Å². The summed E-state index contributed by atoms with van der Waals surface area (Å²) in [7, 11) is 1.09. The van der Waals surface area contributed by atoms with E-state index in [1.165, 1.54) is 11.1 Å². The molecule has 1 aliphatic rings. The second kappa shape index (κ2) is 9.25. The van der Waals surface area contributed by atoms with Crippen LogP contribution in [0.5, 0.6) is 0 Å². The summed E-state index contributed by atoms with van der Waals surface area (Å²) in [6.07, 6.45) is -0.216. The van der Waals surface area contributed by atoms with Crippen LogP contribution in [-0.4, -0.2) is 43.1 Å².